The van der Waals surface area contributed by atoms with E-state index in [0.717, 1.165) is 4.90 Å². The minimum Gasteiger partial charge on any atom is -0.143 e. The van der Waals surface area contributed by atoms with Gasteiger partial charge in [-0.3, -0.25) is 0 Å². The van der Waals surface area contributed by atoms with E-state index in [9.17, 15) is 0 Å². The number of hydrogen-bond acceptors (Lipinski definition) is 1. The summed E-state index contributed by atoms with van der Waals surface area (Å²) in [6.45, 7) is 11.1. The fraction of sp³-hybridized carbons (Fsp3) is 0.538. The maximum atomic E-state index is 4.64. The van der Waals surface area contributed by atoms with Crippen LogP contribution < -0.4 is 0 Å². The molecule has 0 aliphatic carbocycles. The molecule has 0 atom stereocenters. The van der Waals surface area contributed by atoms with Gasteiger partial charge in [-0.2, -0.15) is 0 Å². The topological polar surface area (TPSA) is 0 Å². The van der Waals surface area contributed by atoms with Crippen LogP contribution in [0.3, 0.4) is 0 Å². The van der Waals surface area contributed by atoms with Crippen LogP contribution in [-0.2, 0) is 5.41 Å². The van der Waals surface area contributed by atoms with Gasteiger partial charge in [0.05, 0.1) is 0 Å². The highest BCUT2D eigenvalue weighted by Crippen LogP contribution is 2.33. The first-order chi connectivity index (χ1) is 6.34. The highest BCUT2D eigenvalue weighted by atomic mass is 32.1. The lowest BCUT2D eigenvalue weighted by molar-refractivity contribution is 0.574. The van der Waals surface area contributed by atoms with Gasteiger partial charge in [0.25, 0.3) is 0 Å². The molecule has 0 unspecified atom stereocenters. The fourth-order valence-electron chi connectivity index (χ4n) is 1.63. The van der Waals surface area contributed by atoms with Crippen LogP contribution in [0.2, 0.25) is 0 Å². The summed E-state index contributed by atoms with van der Waals surface area (Å²) in [5.74, 6) is 0.546. The average molecular weight is 208 g/mol. The highest BCUT2D eigenvalue weighted by Gasteiger charge is 2.18. The van der Waals surface area contributed by atoms with E-state index in [1.54, 1.807) is 0 Å². The second kappa shape index (κ2) is 3.98. The minimum absolute atomic E-state index is 0.183. The first-order valence-electron chi connectivity index (χ1n) is 5.16. The molecule has 1 aromatic rings. The summed E-state index contributed by atoms with van der Waals surface area (Å²) in [5.41, 5.74) is 2.87. The predicted octanol–water partition coefficient (Wildman–Crippen LogP) is 4.40. The maximum Gasteiger partial charge on any atom is 0.0112 e. The van der Waals surface area contributed by atoms with Crippen molar-refractivity contribution in [2.45, 2.75) is 50.8 Å². The molecule has 0 spiro atoms. The molecule has 0 nitrogen and oxygen atoms in total. The van der Waals surface area contributed by atoms with Gasteiger partial charge < -0.3 is 0 Å². The van der Waals surface area contributed by atoms with Crippen molar-refractivity contribution in [1.29, 1.82) is 0 Å². The van der Waals surface area contributed by atoms with Gasteiger partial charge in [0.1, 0.15) is 0 Å². The third-order valence-electron chi connectivity index (χ3n) is 2.50. The monoisotopic (exact) mass is 208 g/mol. The Morgan fingerprint density at radius 1 is 1.14 bits per heavy atom. The zero-order chi connectivity index (χ0) is 10.9. The lowest BCUT2D eigenvalue weighted by Crippen LogP contribution is -2.13. The van der Waals surface area contributed by atoms with Crippen LogP contribution in [0, 0.1) is 0 Å². The van der Waals surface area contributed by atoms with Crippen molar-refractivity contribution < 1.29 is 0 Å². The summed E-state index contributed by atoms with van der Waals surface area (Å²) in [7, 11) is 0. The molecule has 0 heterocycles. The number of thiol groups is 1. The molecule has 0 aliphatic rings. The molecule has 0 radical (unpaired) electrons. The number of rotatable bonds is 1. The van der Waals surface area contributed by atoms with E-state index in [1.807, 2.05) is 0 Å². The van der Waals surface area contributed by atoms with Gasteiger partial charge >= 0.3 is 0 Å². The zero-order valence-corrected chi connectivity index (χ0v) is 10.7. The second-order valence-corrected chi connectivity index (χ2v) is 5.60. The Morgan fingerprint density at radius 2 is 1.71 bits per heavy atom. The molecular formula is C13H20S. The molecule has 14 heavy (non-hydrogen) atoms. The Kier molecular flexibility index (Phi) is 3.31. The quantitative estimate of drug-likeness (QED) is 0.650. The molecular weight excluding hydrogens is 188 g/mol. The predicted molar refractivity (Wildman–Crippen MR) is 66.5 cm³/mol. The van der Waals surface area contributed by atoms with Gasteiger partial charge in [-0.15, -0.1) is 12.6 Å². The maximum absolute atomic E-state index is 4.64. The van der Waals surface area contributed by atoms with Gasteiger partial charge in [-0.25, -0.2) is 0 Å². The summed E-state index contributed by atoms with van der Waals surface area (Å²) in [4.78, 5) is 1.16. The molecule has 78 valence electrons. The first-order valence-corrected chi connectivity index (χ1v) is 5.61. The lowest BCUT2D eigenvalue weighted by Gasteiger charge is -2.23. The van der Waals surface area contributed by atoms with Crippen LogP contribution in [0.4, 0.5) is 0 Å². The Balaban J connectivity index is 3.28. The summed E-state index contributed by atoms with van der Waals surface area (Å²) >= 11 is 4.64. The number of benzene rings is 1. The largest absolute Gasteiger partial charge is 0.143 e. The van der Waals surface area contributed by atoms with Gasteiger partial charge in [0.15, 0.2) is 0 Å². The Labute approximate surface area is 93.1 Å². The molecule has 0 fully saturated rings. The van der Waals surface area contributed by atoms with Crippen LogP contribution in [0.25, 0.3) is 0 Å². The van der Waals surface area contributed by atoms with E-state index >= 15 is 0 Å². The van der Waals surface area contributed by atoms with Crippen LogP contribution in [-0.4, -0.2) is 0 Å². The molecule has 0 aromatic heterocycles. The molecule has 0 aliphatic heterocycles. The molecule has 1 heteroatoms. The second-order valence-electron chi connectivity index (χ2n) is 5.15. The van der Waals surface area contributed by atoms with E-state index in [0.29, 0.717) is 5.92 Å². The standard InChI is InChI=1S/C13H20S/c1-9(2)10-7-6-8-11(12(10)14)13(3,4)5/h6-9,14H,1-5H3. The third-order valence-corrected chi connectivity index (χ3v) is 3.00. The van der Waals surface area contributed by atoms with Gasteiger partial charge in [-0.1, -0.05) is 52.8 Å². The van der Waals surface area contributed by atoms with Crippen LogP contribution in [0.15, 0.2) is 23.1 Å². The molecule has 0 N–H and O–H groups in total. The SMILES string of the molecule is CC(C)c1cccc(C(C)(C)C)c1S. The molecule has 0 saturated heterocycles. The summed E-state index contributed by atoms with van der Waals surface area (Å²) < 4.78 is 0. The van der Waals surface area contributed by atoms with Crippen molar-refractivity contribution in [2.75, 3.05) is 0 Å². The third kappa shape index (κ3) is 2.33. The van der Waals surface area contributed by atoms with E-state index < -0.39 is 0 Å². The van der Waals surface area contributed by atoms with Crippen molar-refractivity contribution in [3.8, 4) is 0 Å². The molecule has 0 bridgehead atoms. The van der Waals surface area contributed by atoms with Crippen LogP contribution in [0.5, 0.6) is 0 Å². The van der Waals surface area contributed by atoms with E-state index in [2.05, 4.69) is 65.4 Å². The molecule has 0 saturated carbocycles. The normalized spacial score (nSPS) is 12.2. The minimum atomic E-state index is 0.183. The van der Waals surface area contributed by atoms with Crippen molar-refractivity contribution in [2.24, 2.45) is 0 Å². The van der Waals surface area contributed by atoms with Crippen molar-refractivity contribution in [3.05, 3.63) is 29.3 Å². The van der Waals surface area contributed by atoms with E-state index in [1.165, 1.54) is 11.1 Å². The molecule has 1 rings (SSSR count). The zero-order valence-electron chi connectivity index (χ0n) is 9.76. The van der Waals surface area contributed by atoms with Gasteiger partial charge in [-0.05, 0) is 22.5 Å². The summed E-state index contributed by atoms with van der Waals surface area (Å²) in [5, 5.41) is 0. The Bertz CT molecular complexity index is 318. The van der Waals surface area contributed by atoms with Gasteiger partial charge in [0, 0.05) is 4.90 Å². The average Bonchev–Trinajstić information content (AvgIpc) is 2.01. The van der Waals surface area contributed by atoms with Gasteiger partial charge in [0.2, 0.25) is 0 Å². The van der Waals surface area contributed by atoms with Crippen LogP contribution in [0.1, 0.15) is 51.7 Å². The Morgan fingerprint density at radius 3 is 2.14 bits per heavy atom. The van der Waals surface area contributed by atoms with Crippen molar-refractivity contribution >= 4 is 12.6 Å². The Hall–Kier alpha value is -0.430. The lowest BCUT2D eigenvalue weighted by atomic mass is 9.85. The smallest absolute Gasteiger partial charge is 0.0112 e. The van der Waals surface area contributed by atoms with Crippen molar-refractivity contribution in [3.63, 3.8) is 0 Å². The number of hydrogen-bond donors (Lipinski definition) is 1. The van der Waals surface area contributed by atoms with Crippen molar-refractivity contribution in [1.82, 2.24) is 0 Å². The highest BCUT2D eigenvalue weighted by molar-refractivity contribution is 7.80. The summed E-state index contributed by atoms with van der Waals surface area (Å²) in [6, 6.07) is 6.48. The van der Waals surface area contributed by atoms with E-state index in [4.69, 9.17) is 0 Å². The van der Waals surface area contributed by atoms with Crippen LogP contribution >= 0.6 is 12.6 Å². The van der Waals surface area contributed by atoms with E-state index in [-0.39, 0.29) is 5.41 Å². The molecule has 0 amide bonds. The molecule has 1 aromatic carbocycles. The first kappa shape index (κ1) is 11.6. The fourth-order valence-corrected chi connectivity index (χ4v) is 2.38. The summed E-state index contributed by atoms with van der Waals surface area (Å²) in [6.07, 6.45) is 0.